The fourth-order valence-corrected chi connectivity index (χ4v) is 3.93. The van der Waals surface area contributed by atoms with E-state index in [9.17, 15) is 4.79 Å². The van der Waals surface area contributed by atoms with Crippen molar-refractivity contribution in [1.29, 1.82) is 0 Å². The molecule has 1 saturated heterocycles. The maximum atomic E-state index is 13.1. The Morgan fingerprint density at radius 3 is 2.78 bits per heavy atom. The Bertz CT molecular complexity index is 1240. The van der Waals surface area contributed by atoms with Gasteiger partial charge in [0.15, 0.2) is 6.10 Å². The van der Waals surface area contributed by atoms with Crippen LogP contribution in [0.3, 0.4) is 0 Å². The van der Waals surface area contributed by atoms with Crippen LogP contribution in [0.5, 0.6) is 5.75 Å². The number of rotatable bonds is 5. The third-order valence-corrected chi connectivity index (χ3v) is 5.57. The molecule has 0 unspecified atom stereocenters. The number of nitrogens with zero attached hydrogens (tertiary/aromatic N) is 4. The molecular weight excluding hydrogens is 408 g/mol. The van der Waals surface area contributed by atoms with Crippen molar-refractivity contribution < 1.29 is 18.8 Å². The highest BCUT2D eigenvalue weighted by Crippen LogP contribution is 2.29. The largest absolute Gasteiger partial charge is 0.496 e. The van der Waals surface area contributed by atoms with E-state index in [0.29, 0.717) is 43.5 Å². The highest BCUT2D eigenvalue weighted by molar-refractivity contribution is 5.94. The van der Waals surface area contributed by atoms with Gasteiger partial charge < -0.3 is 18.9 Å². The highest BCUT2D eigenvalue weighted by atomic mass is 16.5. The van der Waals surface area contributed by atoms with Gasteiger partial charge in [-0.15, -0.1) is 0 Å². The van der Waals surface area contributed by atoms with Crippen LogP contribution in [0.25, 0.3) is 22.3 Å². The van der Waals surface area contributed by atoms with Crippen LogP contribution in [0.1, 0.15) is 17.6 Å². The molecule has 3 heterocycles. The normalized spacial score (nSPS) is 16.3. The lowest BCUT2D eigenvalue weighted by Crippen LogP contribution is -2.43. The monoisotopic (exact) mass is 430 g/mol. The molecule has 0 spiro atoms. The fourth-order valence-electron chi connectivity index (χ4n) is 3.93. The molecule has 1 fully saturated rings. The van der Waals surface area contributed by atoms with Crippen molar-refractivity contribution in [2.45, 2.75) is 12.5 Å². The molecule has 1 aliphatic heterocycles. The van der Waals surface area contributed by atoms with Gasteiger partial charge in [0, 0.05) is 18.1 Å². The molecule has 2 aromatic heterocycles. The number of pyridine rings is 1. The lowest BCUT2D eigenvalue weighted by molar-refractivity contribution is -0.139. The van der Waals surface area contributed by atoms with Crippen LogP contribution in [0.4, 0.5) is 0 Å². The maximum Gasteiger partial charge on any atom is 0.257 e. The van der Waals surface area contributed by atoms with Crippen LogP contribution in [-0.4, -0.2) is 52.7 Å². The van der Waals surface area contributed by atoms with Crippen molar-refractivity contribution in [2.75, 3.05) is 26.8 Å². The summed E-state index contributed by atoms with van der Waals surface area (Å²) in [4.78, 5) is 23.6. The molecule has 1 atom stereocenters. The highest BCUT2D eigenvalue weighted by Gasteiger charge is 2.30. The maximum absolute atomic E-state index is 13.1. The van der Waals surface area contributed by atoms with Gasteiger partial charge in [-0.05, 0) is 29.1 Å². The molecule has 5 rings (SSSR count). The predicted octanol–water partition coefficient (Wildman–Crippen LogP) is 3.44. The Labute approximate surface area is 184 Å². The average molecular weight is 430 g/mol. The molecule has 8 heteroatoms. The van der Waals surface area contributed by atoms with Crippen molar-refractivity contribution in [3.8, 4) is 17.3 Å². The van der Waals surface area contributed by atoms with Crippen LogP contribution >= 0.6 is 0 Å². The van der Waals surface area contributed by atoms with Gasteiger partial charge in [0.05, 0.1) is 26.7 Å². The summed E-state index contributed by atoms with van der Waals surface area (Å²) in [5.41, 5.74) is 1.59. The molecule has 0 bridgehead atoms. The lowest BCUT2D eigenvalue weighted by Gasteiger charge is -2.31. The predicted molar refractivity (Wildman–Crippen MR) is 117 cm³/mol. The van der Waals surface area contributed by atoms with E-state index in [0.717, 1.165) is 22.1 Å². The summed E-state index contributed by atoms with van der Waals surface area (Å²) in [7, 11) is 1.65. The van der Waals surface area contributed by atoms with E-state index in [1.54, 1.807) is 18.2 Å². The van der Waals surface area contributed by atoms with Gasteiger partial charge in [0.1, 0.15) is 11.4 Å². The van der Waals surface area contributed by atoms with E-state index in [2.05, 4.69) is 15.1 Å². The van der Waals surface area contributed by atoms with E-state index in [-0.39, 0.29) is 5.91 Å². The Kier molecular flexibility index (Phi) is 5.51. The summed E-state index contributed by atoms with van der Waals surface area (Å²) in [6, 6.07) is 17.3. The van der Waals surface area contributed by atoms with Crippen LogP contribution in [-0.2, 0) is 16.0 Å². The Hall–Kier alpha value is -3.78. The third kappa shape index (κ3) is 3.92. The van der Waals surface area contributed by atoms with E-state index >= 15 is 0 Å². The molecule has 0 saturated carbocycles. The van der Waals surface area contributed by atoms with Crippen molar-refractivity contribution in [1.82, 2.24) is 20.0 Å². The molecule has 1 amide bonds. The minimum Gasteiger partial charge on any atom is -0.496 e. The molecule has 0 N–H and O–H groups in total. The first-order valence-corrected chi connectivity index (χ1v) is 10.4. The number of methoxy groups -OCH3 is 1. The fraction of sp³-hybridized carbons (Fsp3) is 0.250. The van der Waals surface area contributed by atoms with Crippen molar-refractivity contribution in [3.63, 3.8) is 0 Å². The van der Waals surface area contributed by atoms with Crippen molar-refractivity contribution in [2.24, 2.45) is 0 Å². The summed E-state index contributed by atoms with van der Waals surface area (Å²) < 4.78 is 16.7. The smallest absolute Gasteiger partial charge is 0.257 e. The zero-order valence-corrected chi connectivity index (χ0v) is 17.6. The van der Waals surface area contributed by atoms with E-state index in [1.165, 1.54) is 0 Å². The van der Waals surface area contributed by atoms with Gasteiger partial charge in [-0.3, -0.25) is 9.78 Å². The molecule has 4 aromatic rings. The molecule has 32 heavy (non-hydrogen) atoms. The molecule has 2 aromatic carbocycles. The second-order valence-electron chi connectivity index (χ2n) is 7.52. The van der Waals surface area contributed by atoms with E-state index in [1.807, 2.05) is 54.6 Å². The number of ether oxygens (including phenoxy) is 2. The van der Waals surface area contributed by atoms with Crippen LogP contribution in [0.2, 0.25) is 0 Å². The average Bonchev–Trinajstić information content (AvgIpc) is 3.35. The third-order valence-electron chi connectivity index (χ3n) is 5.57. The molecule has 0 radical (unpaired) electrons. The van der Waals surface area contributed by atoms with Gasteiger partial charge in [0.25, 0.3) is 5.89 Å². The van der Waals surface area contributed by atoms with Crippen LogP contribution < -0.4 is 4.74 Å². The molecule has 162 valence electrons. The first kappa shape index (κ1) is 20.1. The van der Waals surface area contributed by atoms with Crippen molar-refractivity contribution in [3.05, 3.63) is 72.2 Å². The van der Waals surface area contributed by atoms with Crippen LogP contribution in [0.15, 0.2) is 65.3 Å². The number of hydrogen-bond acceptors (Lipinski definition) is 7. The van der Waals surface area contributed by atoms with Crippen molar-refractivity contribution >= 4 is 16.7 Å². The summed E-state index contributed by atoms with van der Waals surface area (Å²) in [6.45, 7) is 1.28. The quantitative estimate of drug-likeness (QED) is 0.479. The Balaban J connectivity index is 1.32. The van der Waals surface area contributed by atoms with E-state index in [4.69, 9.17) is 14.0 Å². The number of benzene rings is 2. The molecule has 0 aliphatic carbocycles. The van der Waals surface area contributed by atoms with Gasteiger partial charge in [-0.2, -0.15) is 4.98 Å². The second kappa shape index (κ2) is 8.76. The second-order valence-corrected chi connectivity index (χ2v) is 7.52. The zero-order valence-electron chi connectivity index (χ0n) is 17.6. The number of carbonyl (C=O) groups is 1. The summed E-state index contributed by atoms with van der Waals surface area (Å²) in [6.07, 6.45) is 1.50. The summed E-state index contributed by atoms with van der Waals surface area (Å²) in [5, 5.41) is 6.02. The van der Waals surface area contributed by atoms with Gasteiger partial charge in [-0.1, -0.05) is 41.6 Å². The number of aromatic nitrogens is 3. The minimum absolute atomic E-state index is 0.0260. The van der Waals surface area contributed by atoms with Gasteiger partial charge in [-0.25, -0.2) is 0 Å². The molecule has 8 nitrogen and oxygen atoms in total. The first-order chi connectivity index (χ1) is 15.7. The number of morpholine rings is 1. The SMILES string of the molecule is COc1ccc(CC(=O)N2CCO[C@H](c3nc(-c4ccccn4)no3)C2)c2ccccc12. The molecular formula is C24H22N4O4. The number of carbonyl (C=O) groups excluding carboxylic acids is 1. The van der Waals surface area contributed by atoms with Gasteiger partial charge >= 0.3 is 0 Å². The number of amides is 1. The Morgan fingerprint density at radius 2 is 1.97 bits per heavy atom. The summed E-state index contributed by atoms with van der Waals surface area (Å²) >= 11 is 0. The van der Waals surface area contributed by atoms with Crippen LogP contribution in [0, 0.1) is 0 Å². The van der Waals surface area contributed by atoms with E-state index < -0.39 is 6.10 Å². The summed E-state index contributed by atoms with van der Waals surface area (Å²) in [5.74, 6) is 1.57. The number of hydrogen-bond donors (Lipinski definition) is 0. The number of fused-ring (bicyclic) bond motifs is 1. The Morgan fingerprint density at radius 1 is 1.12 bits per heavy atom. The zero-order chi connectivity index (χ0) is 21.9. The van der Waals surface area contributed by atoms with Gasteiger partial charge in [0.2, 0.25) is 11.7 Å². The lowest BCUT2D eigenvalue weighted by atomic mass is 10.0. The topological polar surface area (TPSA) is 90.6 Å². The standard InChI is InChI=1S/C24H22N4O4/c1-30-20-10-9-16(17-6-2-3-7-18(17)20)14-22(29)28-12-13-31-21(15-28)24-26-23(27-32-24)19-8-4-5-11-25-19/h2-11,21H,12-15H2,1H3/t21-/m0/s1. The first-order valence-electron chi connectivity index (χ1n) is 10.4. The minimum atomic E-state index is -0.467. The molecule has 1 aliphatic rings.